The van der Waals surface area contributed by atoms with Gasteiger partial charge in [0, 0.05) is 17.8 Å². The number of hydrogen-bond donors (Lipinski definition) is 0. The van der Waals surface area contributed by atoms with Crippen LogP contribution in [0.1, 0.15) is 42.4 Å². The third-order valence-corrected chi connectivity index (χ3v) is 9.74. The Kier molecular flexibility index (Phi) is 3.37. The van der Waals surface area contributed by atoms with Gasteiger partial charge in [-0.2, -0.15) is 0 Å². The molecule has 0 heterocycles. The molecule has 0 aromatic heterocycles. The van der Waals surface area contributed by atoms with E-state index in [0.29, 0.717) is 23.7 Å². The van der Waals surface area contributed by atoms with E-state index < -0.39 is 0 Å². The van der Waals surface area contributed by atoms with E-state index in [1.807, 2.05) is 0 Å². The van der Waals surface area contributed by atoms with Crippen molar-refractivity contribution in [3.63, 3.8) is 0 Å². The van der Waals surface area contributed by atoms with E-state index in [2.05, 4.69) is 98.0 Å². The van der Waals surface area contributed by atoms with Crippen molar-refractivity contribution in [3.05, 3.63) is 130 Å². The second-order valence-corrected chi connectivity index (χ2v) is 11.1. The molecule has 0 aliphatic heterocycles. The Morgan fingerprint density at radius 1 is 0.857 bits per heavy atom. The molecule has 4 atom stereocenters. The fourth-order valence-electron chi connectivity index (χ4n) is 8.34. The smallest absolute Gasteiger partial charge is 0.0170 e. The van der Waals surface area contributed by atoms with Crippen LogP contribution in [0.2, 0.25) is 0 Å². The number of allylic oxidation sites excluding steroid dienone is 13. The lowest BCUT2D eigenvalue weighted by molar-refractivity contribution is 0.356. The van der Waals surface area contributed by atoms with E-state index in [-0.39, 0.29) is 0 Å². The number of hydrogen-bond acceptors (Lipinski definition) is 0. The van der Waals surface area contributed by atoms with Crippen LogP contribution in [0.4, 0.5) is 0 Å². The average molecular weight is 447 g/mol. The minimum atomic E-state index is 0.448. The van der Waals surface area contributed by atoms with E-state index in [0.717, 1.165) is 0 Å². The van der Waals surface area contributed by atoms with Gasteiger partial charge in [-0.05, 0) is 103 Å². The zero-order valence-electron chi connectivity index (χ0n) is 19.9. The van der Waals surface area contributed by atoms with Gasteiger partial charge in [-0.3, -0.25) is 0 Å². The fraction of sp³-hybridized carbons (Fsp3) is 0.200. The molecule has 3 aromatic rings. The van der Waals surface area contributed by atoms with E-state index in [9.17, 15) is 0 Å². The highest BCUT2D eigenvalue weighted by Gasteiger charge is 2.49. The van der Waals surface area contributed by atoms with Crippen molar-refractivity contribution >= 4 is 33.2 Å². The molecule has 6 aliphatic rings. The minimum Gasteiger partial charge on any atom is -0.0836 e. The summed E-state index contributed by atoms with van der Waals surface area (Å²) in [6.45, 7) is 2.36. The first kappa shape index (κ1) is 18.7. The first-order chi connectivity index (χ1) is 17.3. The molecule has 35 heavy (non-hydrogen) atoms. The molecule has 0 radical (unpaired) electrons. The van der Waals surface area contributed by atoms with E-state index in [4.69, 9.17) is 0 Å². The summed E-state index contributed by atoms with van der Waals surface area (Å²) in [5, 5.41) is 5.59. The lowest BCUT2D eigenvalue weighted by Gasteiger charge is -2.51. The summed E-state index contributed by atoms with van der Waals surface area (Å²) in [7, 11) is 0. The molecule has 0 N–H and O–H groups in total. The predicted octanol–water partition coefficient (Wildman–Crippen LogP) is 8.84. The second kappa shape index (κ2) is 6.32. The highest BCUT2D eigenvalue weighted by Crippen LogP contribution is 2.62. The van der Waals surface area contributed by atoms with Crippen molar-refractivity contribution in [2.24, 2.45) is 17.8 Å². The van der Waals surface area contributed by atoms with Crippen molar-refractivity contribution in [1.29, 1.82) is 0 Å². The molecule has 0 heteroatoms. The van der Waals surface area contributed by atoms with Crippen molar-refractivity contribution in [2.45, 2.75) is 25.7 Å². The van der Waals surface area contributed by atoms with Crippen LogP contribution in [0.15, 0.2) is 113 Å². The van der Waals surface area contributed by atoms with Gasteiger partial charge < -0.3 is 0 Å². The van der Waals surface area contributed by atoms with Gasteiger partial charge in [0.2, 0.25) is 0 Å². The molecule has 6 aliphatic carbocycles. The lowest BCUT2D eigenvalue weighted by Crippen LogP contribution is -2.39. The Balaban J connectivity index is 1.37. The van der Waals surface area contributed by atoms with Crippen molar-refractivity contribution in [1.82, 2.24) is 0 Å². The number of fused-ring (bicyclic) bond motifs is 5. The van der Waals surface area contributed by atoms with Gasteiger partial charge in [-0.25, -0.2) is 0 Å². The Hall–Kier alpha value is -3.64. The van der Waals surface area contributed by atoms with Gasteiger partial charge in [0.25, 0.3) is 0 Å². The molecule has 0 spiro atoms. The lowest BCUT2D eigenvalue weighted by atomic mass is 9.52. The van der Waals surface area contributed by atoms with Crippen molar-refractivity contribution in [2.75, 3.05) is 0 Å². The van der Waals surface area contributed by atoms with Gasteiger partial charge in [0.05, 0.1) is 0 Å². The van der Waals surface area contributed by atoms with Crippen LogP contribution in [-0.4, -0.2) is 0 Å². The zero-order valence-corrected chi connectivity index (χ0v) is 19.9. The summed E-state index contributed by atoms with van der Waals surface area (Å²) in [4.78, 5) is 0. The van der Waals surface area contributed by atoms with Crippen LogP contribution in [-0.2, 0) is 0 Å². The molecule has 0 saturated heterocycles. The summed E-state index contributed by atoms with van der Waals surface area (Å²) in [6, 6.07) is 16.1. The van der Waals surface area contributed by atoms with E-state index >= 15 is 0 Å². The van der Waals surface area contributed by atoms with Crippen LogP contribution in [0.5, 0.6) is 0 Å². The molecular weight excluding hydrogens is 420 g/mol. The van der Waals surface area contributed by atoms with Crippen molar-refractivity contribution in [3.8, 4) is 0 Å². The van der Waals surface area contributed by atoms with Gasteiger partial charge in [-0.1, -0.05) is 85.0 Å². The van der Waals surface area contributed by atoms with Crippen LogP contribution in [0.25, 0.3) is 33.2 Å². The van der Waals surface area contributed by atoms with Gasteiger partial charge in [0.1, 0.15) is 0 Å². The summed E-state index contributed by atoms with van der Waals surface area (Å²) >= 11 is 0. The number of rotatable bonds is 0. The molecule has 9 rings (SSSR count). The maximum atomic E-state index is 2.57. The summed E-state index contributed by atoms with van der Waals surface area (Å²) in [5.41, 5.74) is 13.8. The fourth-order valence-corrected chi connectivity index (χ4v) is 8.34. The first-order valence-corrected chi connectivity index (χ1v) is 13.2. The summed E-state index contributed by atoms with van der Waals surface area (Å²) in [5.74, 6) is 2.00. The molecule has 0 fully saturated rings. The standard InChI is InChI=1S/C35H26/c1-19-22-7-4-5-9-25(22)27-15-17-31-28-11-10-21-18-20-6-2-3-8-24(20)26-14-16-29(34(28)32(21)26)30-13-12-23(19)33(27)35(30)31/h2-4,6-8,10-18,29-30,33,35H,5,9H2,1H3. The SMILES string of the molecule is CC1=C2C=CC3C4C=Cc5c6ccccc6cc6ccc(c4c56)C4=CC=C(C5=C1C=CCC5)C2C43. The maximum absolute atomic E-state index is 2.57. The van der Waals surface area contributed by atoms with Crippen LogP contribution in [0, 0.1) is 17.8 Å². The molecular formula is C35H26. The Morgan fingerprint density at radius 3 is 2.74 bits per heavy atom. The monoisotopic (exact) mass is 446 g/mol. The normalized spacial score (nSPS) is 28.8. The Morgan fingerprint density at radius 2 is 1.77 bits per heavy atom. The number of benzene rings is 3. The average Bonchev–Trinajstić information content (AvgIpc) is 2.92. The Bertz CT molecular complexity index is 1760. The molecule has 0 saturated carbocycles. The molecule has 3 aromatic carbocycles. The molecule has 0 nitrogen and oxygen atoms in total. The zero-order chi connectivity index (χ0) is 22.8. The minimum absolute atomic E-state index is 0.448. The second-order valence-electron chi connectivity index (χ2n) is 11.1. The van der Waals surface area contributed by atoms with Gasteiger partial charge >= 0.3 is 0 Å². The molecule has 4 unspecified atom stereocenters. The van der Waals surface area contributed by atoms with Crippen molar-refractivity contribution < 1.29 is 0 Å². The molecule has 0 amide bonds. The van der Waals surface area contributed by atoms with Crippen LogP contribution < -0.4 is 0 Å². The largest absolute Gasteiger partial charge is 0.0836 e. The topological polar surface area (TPSA) is 0 Å². The van der Waals surface area contributed by atoms with E-state index in [1.54, 1.807) is 27.9 Å². The van der Waals surface area contributed by atoms with Gasteiger partial charge in [-0.15, -0.1) is 0 Å². The Labute approximate surface area is 206 Å². The third-order valence-electron chi connectivity index (χ3n) is 9.74. The summed E-state index contributed by atoms with van der Waals surface area (Å²) < 4.78 is 0. The molecule has 166 valence electrons. The highest BCUT2D eigenvalue weighted by atomic mass is 14.5. The summed E-state index contributed by atoms with van der Waals surface area (Å²) in [6.07, 6.45) is 22.1. The van der Waals surface area contributed by atoms with Gasteiger partial charge in [0.15, 0.2) is 0 Å². The van der Waals surface area contributed by atoms with E-state index in [1.165, 1.54) is 56.7 Å². The highest BCUT2D eigenvalue weighted by molar-refractivity contribution is 6.11. The third kappa shape index (κ3) is 2.16. The van der Waals surface area contributed by atoms with Crippen LogP contribution >= 0.6 is 0 Å². The molecule has 0 bridgehead atoms. The first-order valence-electron chi connectivity index (χ1n) is 13.2. The van der Waals surface area contributed by atoms with Crippen LogP contribution in [0.3, 0.4) is 0 Å². The quantitative estimate of drug-likeness (QED) is 0.303. The predicted molar refractivity (Wildman–Crippen MR) is 147 cm³/mol. The maximum Gasteiger partial charge on any atom is 0.0170 e.